The summed E-state index contributed by atoms with van der Waals surface area (Å²) in [6.45, 7) is 4.88. The molecule has 0 aliphatic carbocycles. The number of unbranched alkanes of at least 4 members (excludes halogenated alkanes) is 17. The average molecular weight is 675 g/mol. The number of carbonyl (C=O) groups excluding carboxylic acids is 2. The number of carbonyl (C=O) groups is 3. The summed E-state index contributed by atoms with van der Waals surface area (Å²) in [5, 5.41) is 11.9. The Balaban J connectivity index is 4.37. The summed E-state index contributed by atoms with van der Waals surface area (Å²) < 4.78 is 5.91. The van der Waals surface area contributed by atoms with Crippen molar-refractivity contribution in [1.82, 2.24) is 5.32 Å². The third-order valence-electron chi connectivity index (χ3n) is 8.66. The van der Waals surface area contributed by atoms with Crippen LogP contribution in [0.15, 0.2) is 36.5 Å². The number of allylic oxidation sites excluding steroid dienone is 5. The van der Waals surface area contributed by atoms with E-state index >= 15 is 0 Å². The Morgan fingerprint density at radius 3 is 1.77 bits per heavy atom. The summed E-state index contributed by atoms with van der Waals surface area (Å²) in [6.07, 6.45) is 40.6. The molecule has 0 aromatic rings. The van der Waals surface area contributed by atoms with E-state index in [1.54, 1.807) is 0 Å². The number of carboxylic acids is 1. The van der Waals surface area contributed by atoms with Crippen LogP contribution in [0.25, 0.3) is 0 Å². The summed E-state index contributed by atoms with van der Waals surface area (Å²) in [6, 6.07) is -0.855. The second-order valence-electron chi connectivity index (χ2n) is 13.3. The molecule has 0 aliphatic rings. The summed E-state index contributed by atoms with van der Waals surface area (Å²) in [7, 11) is 0. The van der Waals surface area contributed by atoms with Crippen molar-refractivity contribution in [1.29, 1.82) is 0 Å². The summed E-state index contributed by atoms with van der Waals surface area (Å²) >= 11 is 0. The number of ether oxygens (including phenoxy) is 1. The zero-order valence-electron chi connectivity index (χ0n) is 31.1. The van der Waals surface area contributed by atoms with Crippen molar-refractivity contribution >= 4 is 17.8 Å². The monoisotopic (exact) mass is 675 g/mol. The molecule has 278 valence electrons. The first-order valence-electron chi connectivity index (χ1n) is 19.8. The van der Waals surface area contributed by atoms with Gasteiger partial charge in [0.25, 0.3) is 0 Å². The molecule has 7 heteroatoms. The smallest absolute Gasteiger partial charge is 0.326 e. The largest absolute Gasteiger partial charge is 0.480 e. The third-order valence-corrected chi connectivity index (χ3v) is 8.66. The quantitative estimate of drug-likeness (QED) is 0.0350. The fourth-order valence-electron chi connectivity index (χ4n) is 5.63. The SMILES string of the molecule is CCCCC/C=C\CCCCCCCC(=O)OC(/C=C\C/C=C\CCCCCC)CCCCCCCCC(=O)NC(CCCN)C(=O)O. The number of hydrogen-bond acceptors (Lipinski definition) is 5. The highest BCUT2D eigenvalue weighted by atomic mass is 16.5. The molecule has 0 spiro atoms. The van der Waals surface area contributed by atoms with Crippen molar-refractivity contribution in [3.8, 4) is 0 Å². The molecule has 0 bridgehead atoms. The van der Waals surface area contributed by atoms with Gasteiger partial charge in [-0.25, -0.2) is 4.79 Å². The van der Waals surface area contributed by atoms with E-state index in [-0.39, 0.29) is 18.0 Å². The Morgan fingerprint density at radius 1 is 0.625 bits per heavy atom. The summed E-state index contributed by atoms with van der Waals surface area (Å²) in [5.41, 5.74) is 5.46. The molecule has 2 atom stereocenters. The zero-order valence-corrected chi connectivity index (χ0v) is 31.1. The van der Waals surface area contributed by atoms with E-state index in [0.717, 1.165) is 70.6 Å². The van der Waals surface area contributed by atoms with Crippen LogP contribution in [0, 0.1) is 0 Å². The average Bonchev–Trinajstić information content (AvgIpc) is 3.07. The van der Waals surface area contributed by atoms with Crippen LogP contribution in [0.5, 0.6) is 0 Å². The van der Waals surface area contributed by atoms with Crippen molar-refractivity contribution in [2.75, 3.05) is 6.54 Å². The lowest BCUT2D eigenvalue weighted by atomic mass is 10.0. The molecule has 0 aliphatic heterocycles. The fraction of sp³-hybridized carbons (Fsp3) is 0.780. The molecule has 0 aromatic heterocycles. The standard InChI is InChI=1S/C41H74N2O5/c1-3-5-7-9-11-13-14-15-17-19-25-29-35-40(45)48-37(31-26-22-18-16-12-10-8-6-4-2)32-27-23-20-21-24-28-34-39(44)43-38(41(46)47)33-30-36-42/h11,13,16,18,26,31,37-38H,3-10,12,14-15,17,19-25,27-30,32-36,42H2,1-2H3,(H,43,44)(H,46,47)/b13-11-,18-16-,31-26-. The van der Waals surface area contributed by atoms with Crippen LogP contribution in [0.4, 0.5) is 0 Å². The van der Waals surface area contributed by atoms with Gasteiger partial charge in [-0.3, -0.25) is 9.59 Å². The number of nitrogens with two attached hydrogens (primary N) is 1. The molecule has 0 aromatic carbocycles. The van der Waals surface area contributed by atoms with Crippen LogP contribution in [0.3, 0.4) is 0 Å². The first-order valence-corrected chi connectivity index (χ1v) is 19.8. The Bertz CT molecular complexity index is 854. The van der Waals surface area contributed by atoms with E-state index in [1.165, 1.54) is 77.0 Å². The van der Waals surface area contributed by atoms with Crippen molar-refractivity contribution in [3.63, 3.8) is 0 Å². The number of amides is 1. The van der Waals surface area contributed by atoms with Gasteiger partial charge < -0.3 is 20.9 Å². The second-order valence-corrected chi connectivity index (χ2v) is 13.3. The highest BCUT2D eigenvalue weighted by Crippen LogP contribution is 2.15. The lowest BCUT2D eigenvalue weighted by Gasteiger charge is -2.15. The minimum atomic E-state index is -1.01. The molecule has 2 unspecified atom stereocenters. The maximum atomic E-state index is 12.7. The van der Waals surface area contributed by atoms with E-state index < -0.39 is 12.0 Å². The predicted octanol–water partition coefficient (Wildman–Crippen LogP) is 10.7. The molecule has 0 rings (SSSR count). The van der Waals surface area contributed by atoms with Gasteiger partial charge in [-0.2, -0.15) is 0 Å². The van der Waals surface area contributed by atoms with Crippen LogP contribution >= 0.6 is 0 Å². The normalized spacial score (nSPS) is 13.1. The van der Waals surface area contributed by atoms with Crippen molar-refractivity contribution in [3.05, 3.63) is 36.5 Å². The number of esters is 1. The van der Waals surface area contributed by atoms with E-state index in [2.05, 4.69) is 55.6 Å². The molecule has 0 radical (unpaired) electrons. The minimum absolute atomic E-state index is 0.0856. The second kappa shape index (κ2) is 35.9. The third kappa shape index (κ3) is 32.2. The molecule has 0 heterocycles. The molecule has 0 fully saturated rings. The van der Waals surface area contributed by atoms with Gasteiger partial charge in [-0.15, -0.1) is 0 Å². The van der Waals surface area contributed by atoms with Crippen molar-refractivity contribution in [2.45, 2.75) is 199 Å². The van der Waals surface area contributed by atoms with E-state index in [0.29, 0.717) is 32.2 Å². The molecule has 1 amide bonds. The van der Waals surface area contributed by atoms with Gasteiger partial charge in [0.2, 0.25) is 5.91 Å². The maximum Gasteiger partial charge on any atom is 0.326 e. The van der Waals surface area contributed by atoms with E-state index in [1.807, 2.05) is 0 Å². The van der Waals surface area contributed by atoms with Crippen LogP contribution in [-0.2, 0) is 19.1 Å². The van der Waals surface area contributed by atoms with Gasteiger partial charge in [0.15, 0.2) is 0 Å². The molecule has 0 saturated carbocycles. The van der Waals surface area contributed by atoms with Crippen LogP contribution in [0.1, 0.15) is 187 Å². The first kappa shape index (κ1) is 45.6. The molecule has 4 N–H and O–H groups in total. The Labute approximate surface area is 295 Å². The number of aliphatic carboxylic acids is 1. The highest BCUT2D eigenvalue weighted by molar-refractivity contribution is 5.83. The molecule has 48 heavy (non-hydrogen) atoms. The van der Waals surface area contributed by atoms with Gasteiger partial charge in [0.05, 0.1) is 0 Å². The molecule has 7 nitrogen and oxygen atoms in total. The Kier molecular flexibility index (Phi) is 34.1. The lowest BCUT2D eigenvalue weighted by molar-refractivity contribution is -0.147. The highest BCUT2D eigenvalue weighted by Gasteiger charge is 2.18. The minimum Gasteiger partial charge on any atom is -0.480 e. The number of rotatable bonds is 35. The first-order chi connectivity index (χ1) is 23.4. The maximum absolute atomic E-state index is 12.7. The lowest BCUT2D eigenvalue weighted by Crippen LogP contribution is -2.40. The van der Waals surface area contributed by atoms with Crippen molar-refractivity contribution < 1.29 is 24.2 Å². The summed E-state index contributed by atoms with van der Waals surface area (Å²) in [4.78, 5) is 36.1. The Hall–Kier alpha value is -2.41. The number of nitrogens with one attached hydrogen (secondary N) is 1. The Morgan fingerprint density at radius 2 is 1.15 bits per heavy atom. The van der Waals surface area contributed by atoms with Gasteiger partial charge in [0, 0.05) is 12.8 Å². The number of carboxylic acid groups (broad SMARTS) is 1. The number of hydrogen-bond donors (Lipinski definition) is 3. The molecule has 0 saturated heterocycles. The van der Waals surface area contributed by atoms with Crippen LogP contribution in [-0.4, -0.2) is 41.6 Å². The molecular weight excluding hydrogens is 600 g/mol. The molecular formula is C41H74N2O5. The predicted molar refractivity (Wildman–Crippen MR) is 202 cm³/mol. The van der Waals surface area contributed by atoms with E-state index in [9.17, 15) is 19.5 Å². The van der Waals surface area contributed by atoms with Crippen LogP contribution in [0.2, 0.25) is 0 Å². The van der Waals surface area contributed by atoms with Gasteiger partial charge in [-0.1, -0.05) is 121 Å². The zero-order chi connectivity index (χ0) is 35.3. The van der Waals surface area contributed by atoms with Gasteiger partial charge in [0.1, 0.15) is 12.1 Å². The fourth-order valence-corrected chi connectivity index (χ4v) is 5.63. The summed E-state index contributed by atoms with van der Waals surface area (Å²) in [5.74, 6) is -1.30. The van der Waals surface area contributed by atoms with E-state index in [4.69, 9.17) is 10.5 Å². The van der Waals surface area contributed by atoms with Gasteiger partial charge >= 0.3 is 11.9 Å². The topological polar surface area (TPSA) is 119 Å². The van der Waals surface area contributed by atoms with Crippen molar-refractivity contribution in [2.24, 2.45) is 5.73 Å². The van der Waals surface area contributed by atoms with Gasteiger partial charge in [-0.05, 0) is 96.1 Å². The van der Waals surface area contributed by atoms with Crippen LogP contribution < -0.4 is 11.1 Å².